The predicted octanol–water partition coefficient (Wildman–Crippen LogP) is 4.22. The van der Waals surface area contributed by atoms with Crippen LogP contribution in [0.25, 0.3) is 0 Å². The van der Waals surface area contributed by atoms with Gasteiger partial charge in [-0.1, -0.05) is 42.5 Å². The maximum absolute atomic E-state index is 12.0. The van der Waals surface area contributed by atoms with Crippen LogP contribution in [0.2, 0.25) is 0 Å². The highest BCUT2D eigenvalue weighted by Gasteiger charge is 2.42. The van der Waals surface area contributed by atoms with E-state index in [0.717, 1.165) is 29.7 Å². The largest absolute Gasteiger partial charge is 0.494 e. The summed E-state index contributed by atoms with van der Waals surface area (Å²) in [7, 11) is 0. The van der Waals surface area contributed by atoms with E-state index in [2.05, 4.69) is 10.1 Å². The summed E-state index contributed by atoms with van der Waals surface area (Å²) in [5.41, 5.74) is 2.16. The van der Waals surface area contributed by atoms with E-state index in [1.54, 1.807) is 0 Å². The number of hydrogen-bond acceptors (Lipinski definition) is 6. The molecule has 0 aliphatic heterocycles. The molecule has 2 rings (SSSR count). The third-order valence-corrected chi connectivity index (χ3v) is 4.50. The molecule has 0 saturated carbocycles. The van der Waals surface area contributed by atoms with Crippen molar-refractivity contribution in [3.63, 3.8) is 0 Å². The molecule has 2 aromatic rings. The molecule has 0 bridgehead atoms. The summed E-state index contributed by atoms with van der Waals surface area (Å²) >= 11 is 0. The van der Waals surface area contributed by atoms with Crippen molar-refractivity contribution in [2.75, 3.05) is 26.3 Å². The average molecular weight is 467 g/mol. The Morgan fingerprint density at radius 1 is 0.879 bits per heavy atom. The number of nitrogens with one attached hydrogen (secondary N) is 1. The van der Waals surface area contributed by atoms with E-state index >= 15 is 0 Å². The van der Waals surface area contributed by atoms with Gasteiger partial charge < -0.3 is 19.5 Å². The van der Waals surface area contributed by atoms with Crippen molar-refractivity contribution in [2.24, 2.45) is 0 Å². The number of carbonyl (C=O) groups is 2. The SMILES string of the molecule is O=C(CCNCCc1cccc(OCCCCOCc2ccccc2)c1)OC(=O)C(F)(F)F. The third kappa shape index (κ3) is 11.5. The van der Waals surface area contributed by atoms with E-state index in [4.69, 9.17) is 9.47 Å². The van der Waals surface area contributed by atoms with E-state index in [0.29, 0.717) is 32.8 Å². The normalized spacial score (nSPS) is 11.2. The van der Waals surface area contributed by atoms with Crippen molar-refractivity contribution in [3.05, 3.63) is 65.7 Å². The fourth-order valence-electron chi connectivity index (χ4n) is 2.81. The molecule has 0 radical (unpaired) electrons. The first-order valence-electron chi connectivity index (χ1n) is 10.7. The first-order chi connectivity index (χ1) is 15.8. The third-order valence-electron chi connectivity index (χ3n) is 4.50. The van der Waals surface area contributed by atoms with Crippen LogP contribution in [0.3, 0.4) is 0 Å². The van der Waals surface area contributed by atoms with Gasteiger partial charge in [-0.2, -0.15) is 13.2 Å². The summed E-state index contributed by atoms with van der Waals surface area (Å²) in [6.07, 6.45) is -3.10. The standard InChI is InChI=1S/C24H28F3NO5/c25-24(26,27)23(30)33-22(29)12-14-28-13-11-19-9-6-10-21(17-19)32-16-5-4-15-31-18-20-7-2-1-3-8-20/h1-3,6-10,17,28H,4-5,11-16,18H2. The molecule has 0 heterocycles. The van der Waals surface area contributed by atoms with Gasteiger partial charge in [0.25, 0.3) is 0 Å². The molecule has 0 spiro atoms. The lowest BCUT2D eigenvalue weighted by Crippen LogP contribution is -2.29. The molecule has 0 atom stereocenters. The van der Waals surface area contributed by atoms with Gasteiger partial charge in [-0.05, 0) is 49.1 Å². The van der Waals surface area contributed by atoms with Gasteiger partial charge in [-0.15, -0.1) is 0 Å². The molecule has 0 fully saturated rings. The number of hydrogen-bond donors (Lipinski definition) is 1. The predicted molar refractivity (Wildman–Crippen MR) is 116 cm³/mol. The molecular formula is C24H28F3NO5. The molecule has 1 N–H and O–H groups in total. The van der Waals surface area contributed by atoms with Gasteiger partial charge in [0, 0.05) is 13.2 Å². The molecule has 0 amide bonds. The van der Waals surface area contributed by atoms with Crippen molar-refractivity contribution < 1.29 is 37.0 Å². The molecular weight excluding hydrogens is 439 g/mol. The number of ether oxygens (including phenoxy) is 3. The van der Waals surface area contributed by atoms with Crippen molar-refractivity contribution in [2.45, 2.75) is 38.5 Å². The Hall–Kier alpha value is -2.91. The Labute approximate surface area is 191 Å². The number of rotatable bonds is 14. The van der Waals surface area contributed by atoms with Crippen LogP contribution in [-0.4, -0.2) is 44.4 Å². The molecule has 0 aliphatic carbocycles. The molecule has 0 aromatic heterocycles. The lowest BCUT2D eigenvalue weighted by atomic mass is 10.1. The number of benzene rings is 2. The van der Waals surface area contributed by atoms with Crippen LogP contribution in [0.4, 0.5) is 13.2 Å². The summed E-state index contributed by atoms with van der Waals surface area (Å²) in [6.45, 7) is 2.46. The van der Waals surface area contributed by atoms with Crippen molar-refractivity contribution in [1.29, 1.82) is 0 Å². The zero-order valence-corrected chi connectivity index (χ0v) is 18.2. The zero-order valence-electron chi connectivity index (χ0n) is 18.2. The number of esters is 2. The van der Waals surface area contributed by atoms with E-state index in [1.807, 2.05) is 54.6 Å². The van der Waals surface area contributed by atoms with Gasteiger partial charge in [-0.25, -0.2) is 4.79 Å². The Morgan fingerprint density at radius 3 is 2.36 bits per heavy atom. The molecule has 0 saturated heterocycles. The van der Waals surface area contributed by atoms with Crippen LogP contribution in [0.5, 0.6) is 5.75 Å². The fourth-order valence-corrected chi connectivity index (χ4v) is 2.81. The molecule has 2 aromatic carbocycles. The monoisotopic (exact) mass is 467 g/mol. The van der Waals surface area contributed by atoms with Crippen LogP contribution >= 0.6 is 0 Å². The van der Waals surface area contributed by atoms with Crippen LogP contribution in [0.15, 0.2) is 54.6 Å². The van der Waals surface area contributed by atoms with Gasteiger partial charge in [0.2, 0.25) is 0 Å². The molecule has 33 heavy (non-hydrogen) atoms. The van der Waals surface area contributed by atoms with E-state index in [9.17, 15) is 22.8 Å². The van der Waals surface area contributed by atoms with Gasteiger partial charge >= 0.3 is 18.1 Å². The van der Waals surface area contributed by atoms with Crippen LogP contribution in [0.1, 0.15) is 30.4 Å². The average Bonchev–Trinajstić information content (AvgIpc) is 2.78. The lowest BCUT2D eigenvalue weighted by Gasteiger charge is -2.09. The summed E-state index contributed by atoms with van der Waals surface area (Å²) < 4.78 is 51.2. The Kier molecular flexibility index (Phi) is 11.4. The minimum atomic E-state index is -5.17. The molecule has 0 aliphatic rings. The van der Waals surface area contributed by atoms with Gasteiger partial charge in [0.05, 0.1) is 19.6 Å². The first kappa shape index (κ1) is 26.3. The van der Waals surface area contributed by atoms with Crippen LogP contribution < -0.4 is 10.1 Å². The van der Waals surface area contributed by atoms with Crippen molar-refractivity contribution in [1.82, 2.24) is 5.32 Å². The highest BCUT2D eigenvalue weighted by molar-refractivity contribution is 5.88. The van der Waals surface area contributed by atoms with Gasteiger partial charge in [0.15, 0.2) is 0 Å². The second kappa shape index (κ2) is 14.3. The van der Waals surface area contributed by atoms with Crippen molar-refractivity contribution >= 4 is 11.9 Å². The van der Waals surface area contributed by atoms with Crippen LogP contribution in [0, 0.1) is 0 Å². The minimum Gasteiger partial charge on any atom is -0.494 e. The van der Waals surface area contributed by atoms with Gasteiger partial charge in [0.1, 0.15) is 5.75 Å². The molecule has 0 unspecified atom stereocenters. The van der Waals surface area contributed by atoms with Crippen molar-refractivity contribution in [3.8, 4) is 5.75 Å². The highest BCUT2D eigenvalue weighted by Crippen LogP contribution is 2.17. The maximum atomic E-state index is 12.0. The zero-order chi connectivity index (χ0) is 23.9. The second-order valence-corrected chi connectivity index (χ2v) is 7.25. The number of unbranched alkanes of at least 4 members (excludes halogenated alkanes) is 1. The molecule has 180 valence electrons. The number of alkyl halides is 3. The topological polar surface area (TPSA) is 73.9 Å². The summed E-state index contributed by atoms with van der Waals surface area (Å²) in [5, 5.41) is 2.93. The Morgan fingerprint density at radius 2 is 1.61 bits per heavy atom. The Bertz CT molecular complexity index is 859. The maximum Gasteiger partial charge on any atom is 0.491 e. The van der Waals surface area contributed by atoms with E-state index in [1.165, 1.54) is 0 Å². The fraction of sp³-hybridized carbons (Fsp3) is 0.417. The summed E-state index contributed by atoms with van der Waals surface area (Å²) in [6, 6.07) is 17.6. The number of carbonyl (C=O) groups excluding carboxylic acids is 2. The highest BCUT2D eigenvalue weighted by atomic mass is 19.4. The minimum absolute atomic E-state index is 0.104. The van der Waals surface area contributed by atoms with E-state index in [-0.39, 0.29) is 13.0 Å². The number of halogens is 3. The second-order valence-electron chi connectivity index (χ2n) is 7.25. The Balaban J connectivity index is 1.53. The van der Waals surface area contributed by atoms with E-state index < -0.39 is 18.1 Å². The quantitative estimate of drug-likeness (QED) is 0.255. The smallest absolute Gasteiger partial charge is 0.491 e. The molecule has 6 nitrogen and oxygen atoms in total. The summed E-state index contributed by atoms with van der Waals surface area (Å²) in [4.78, 5) is 21.8. The summed E-state index contributed by atoms with van der Waals surface area (Å²) in [5.74, 6) is -2.96. The lowest BCUT2D eigenvalue weighted by molar-refractivity contribution is -0.201. The van der Waals surface area contributed by atoms with Crippen LogP contribution in [-0.2, 0) is 32.1 Å². The first-order valence-corrected chi connectivity index (χ1v) is 10.7. The molecule has 9 heteroatoms. The van der Waals surface area contributed by atoms with Gasteiger partial charge in [-0.3, -0.25) is 4.79 Å².